The van der Waals surface area contributed by atoms with Crippen LogP contribution < -0.4 is 0 Å². The Kier molecular flexibility index (Phi) is 8.37. The average molecular weight is 384 g/mol. The normalized spacial score (nSPS) is 11.6. The fourth-order valence-electron chi connectivity index (χ4n) is 3.30. The van der Waals surface area contributed by atoms with E-state index in [-0.39, 0.29) is 11.5 Å². The quantitative estimate of drug-likeness (QED) is 0.353. The first-order valence-corrected chi connectivity index (χ1v) is 10.2. The molecule has 4 heteroatoms. The van der Waals surface area contributed by atoms with Crippen LogP contribution in [0.1, 0.15) is 70.9 Å². The Hall–Kier alpha value is -2.49. The van der Waals surface area contributed by atoms with Gasteiger partial charge in [-0.05, 0) is 64.5 Å². The Bertz CT molecular complexity index is 813. The van der Waals surface area contributed by atoms with Crippen molar-refractivity contribution in [2.75, 3.05) is 0 Å². The second-order valence-corrected chi connectivity index (χ2v) is 7.67. The Morgan fingerprint density at radius 2 is 1.93 bits per heavy atom. The zero-order valence-electron chi connectivity index (χ0n) is 17.6. The second-order valence-electron chi connectivity index (χ2n) is 7.67. The summed E-state index contributed by atoms with van der Waals surface area (Å²) in [7, 11) is 0. The Balaban J connectivity index is 2.30. The highest BCUT2D eigenvalue weighted by Gasteiger charge is 2.20. The first-order valence-electron chi connectivity index (χ1n) is 10.2. The smallest absolute Gasteiger partial charge is 0.170 e. The van der Waals surface area contributed by atoms with Crippen LogP contribution in [0.15, 0.2) is 46.2 Å². The number of phenolic OH excluding ortho intramolecular Hbond substituents is 2. The van der Waals surface area contributed by atoms with Crippen molar-refractivity contribution < 1.29 is 14.7 Å². The fourth-order valence-corrected chi connectivity index (χ4v) is 3.30. The minimum Gasteiger partial charge on any atom is -0.508 e. The number of aryl methyl sites for hydroxylation is 1. The summed E-state index contributed by atoms with van der Waals surface area (Å²) in [5, 5.41) is 25.3. The highest BCUT2D eigenvalue weighted by atomic mass is 16.5. The number of hydrogen-bond acceptors (Lipinski definition) is 4. The van der Waals surface area contributed by atoms with Gasteiger partial charge in [0.1, 0.15) is 11.5 Å². The molecule has 28 heavy (non-hydrogen) atoms. The predicted octanol–water partition coefficient (Wildman–Crippen LogP) is 6.72. The van der Waals surface area contributed by atoms with Crippen LogP contribution in [-0.4, -0.2) is 15.4 Å². The number of hydrogen-bond donors (Lipinski definition) is 2. The number of phenols is 2. The average Bonchev–Trinajstić information content (AvgIpc) is 3.15. The highest BCUT2D eigenvalue weighted by Crippen LogP contribution is 2.41. The third-order valence-electron chi connectivity index (χ3n) is 4.94. The zero-order chi connectivity index (χ0) is 20.5. The molecule has 1 aromatic carbocycles. The molecule has 0 amide bonds. The molecule has 0 atom stereocenters. The molecule has 0 aliphatic rings. The van der Waals surface area contributed by atoms with Crippen LogP contribution in [0, 0.1) is 0 Å². The van der Waals surface area contributed by atoms with E-state index in [0.29, 0.717) is 23.3 Å². The van der Waals surface area contributed by atoms with Crippen molar-refractivity contribution in [1.29, 1.82) is 0 Å². The molecule has 0 aliphatic heterocycles. The van der Waals surface area contributed by atoms with Crippen molar-refractivity contribution >= 4 is 0 Å². The highest BCUT2D eigenvalue weighted by molar-refractivity contribution is 5.74. The summed E-state index contributed by atoms with van der Waals surface area (Å²) in [5.41, 5.74) is 4.64. The van der Waals surface area contributed by atoms with E-state index >= 15 is 0 Å². The summed E-state index contributed by atoms with van der Waals surface area (Å²) < 4.78 is 5.33. The zero-order valence-corrected chi connectivity index (χ0v) is 17.6. The molecule has 0 radical (unpaired) electrons. The fraction of sp³-hybridized carbons (Fsp3) is 0.458. The van der Waals surface area contributed by atoms with E-state index in [1.165, 1.54) is 11.1 Å². The van der Waals surface area contributed by atoms with E-state index in [1.54, 1.807) is 18.3 Å². The molecule has 1 heterocycles. The summed E-state index contributed by atoms with van der Waals surface area (Å²) >= 11 is 0. The van der Waals surface area contributed by atoms with Crippen molar-refractivity contribution in [1.82, 2.24) is 5.16 Å². The molecule has 1 aromatic heterocycles. The van der Waals surface area contributed by atoms with E-state index in [1.807, 2.05) is 0 Å². The lowest BCUT2D eigenvalue weighted by atomic mass is 9.93. The number of unbranched alkanes of at least 4 members (excludes halogenated alkanes) is 2. The third kappa shape index (κ3) is 6.01. The van der Waals surface area contributed by atoms with E-state index in [9.17, 15) is 10.2 Å². The standard InChI is InChI=1S/C24H33NO3/c1-5-6-7-11-19-16-21(26)20(13-12-18(4)10-8-9-17(2)3)24(27)23(19)22-14-15-25-28-22/h9,12,14-16,26-27H,5-8,10-11,13H2,1-4H3/b18-12+. The van der Waals surface area contributed by atoms with Crippen molar-refractivity contribution in [2.24, 2.45) is 0 Å². The lowest BCUT2D eigenvalue weighted by Gasteiger charge is -2.15. The maximum Gasteiger partial charge on any atom is 0.170 e. The molecule has 2 rings (SSSR count). The van der Waals surface area contributed by atoms with Gasteiger partial charge in [0.15, 0.2) is 5.76 Å². The minimum absolute atomic E-state index is 0.0941. The number of aromatic hydroxyl groups is 2. The largest absolute Gasteiger partial charge is 0.508 e. The van der Waals surface area contributed by atoms with E-state index in [2.05, 4.69) is 45.0 Å². The van der Waals surface area contributed by atoms with Crippen molar-refractivity contribution in [3.63, 3.8) is 0 Å². The molecule has 0 bridgehead atoms. The van der Waals surface area contributed by atoms with Crippen LogP contribution in [-0.2, 0) is 12.8 Å². The maximum atomic E-state index is 11.0. The molecular weight excluding hydrogens is 350 g/mol. The molecule has 0 aliphatic carbocycles. The van der Waals surface area contributed by atoms with Crippen molar-refractivity contribution in [3.05, 3.63) is 52.8 Å². The van der Waals surface area contributed by atoms with E-state index in [0.717, 1.165) is 44.1 Å². The number of nitrogens with zero attached hydrogens (tertiary/aromatic N) is 1. The van der Waals surface area contributed by atoms with E-state index in [4.69, 9.17) is 4.52 Å². The Labute approximate surface area is 168 Å². The van der Waals surface area contributed by atoms with Crippen molar-refractivity contribution in [2.45, 2.75) is 72.6 Å². The van der Waals surface area contributed by atoms with Gasteiger partial charge in [-0.3, -0.25) is 0 Å². The molecule has 0 unspecified atom stereocenters. The van der Waals surface area contributed by atoms with Gasteiger partial charge in [-0.15, -0.1) is 0 Å². The first kappa shape index (κ1) is 21.8. The maximum absolute atomic E-state index is 11.0. The summed E-state index contributed by atoms with van der Waals surface area (Å²) in [6, 6.07) is 3.52. The van der Waals surface area contributed by atoms with Gasteiger partial charge in [0, 0.05) is 11.6 Å². The Morgan fingerprint density at radius 1 is 1.14 bits per heavy atom. The van der Waals surface area contributed by atoms with Gasteiger partial charge >= 0.3 is 0 Å². The summed E-state index contributed by atoms with van der Waals surface area (Å²) in [5.74, 6) is 0.770. The van der Waals surface area contributed by atoms with Gasteiger partial charge in [-0.25, -0.2) is 0 Å². The van der Waals surface area contributed by atoms with Gasteiger partial charge < -0.3 is 14.7 Å². The van der Waals surface area contributed by atoms with Gasteiger partial charge in [0.25, 0.3) is 0 Å². The number of rotatable bonds is 10. The number of benzene rings is 1. The SMILES string of the molecule is CCCCCc1cc(O)c(C/C=C(\C)CCC=C(C)C)c(O)c1-c1ccno1. The Morgan fingerprint density at radius 3 is 2.57 bits per heavy atom. The topological polar surface area (TPSA) is 66.5 Å². The van der Waals surface area contributed by atoms with Gasteiger partial charge in [-0.1, -0.05) is 48.2 Å². The van der Waals surface area contributed by atoms with Crippen LogP contribution in [0.3, 0.4) is 0 Å². The van der Waals surface area contributed by atoms with Gasteiger partial charge in [0.05, 0.1) is 11.8 Å². The van der Waals surface area contributed by atoms with Crippen LogP contribution in [0.5, 0.6) is 11.5 Å². The third-order valence-corrected chi connectivity index (χ3v) is 4.94. The second kappa shape index (κ2) is 10.7. The van der Waals surface area contributed by atoms with Crippen LogP contribution in [0.4, 0.5) is 0 Å². The molecule has 152 valence electrons. The summed E-state index contributed by atoms with van der Waals surface area (Å²) in [4.78, 5) is 0. The lowest BCUT2D eigenvalue weighted by Crippen LogP contribution is -1.96. The molecule has 0 spiro atoms. The monoisotopic (exact) mass is 383 g/mol. The first-order chi connectivity index (χ1) is 13.4. The molecule has 2 N–H and O–H groups in total. The molecule has 2 aromatic rings. The van der Waals surface area contributed by atoms with Crippen molar-refractivity contribution in [3.8, 4) is 22.8 Å². The van der Waals surface area contributed by atoms with Crippen LogP contribution >= 0.6 is 0 Å². The molecule has 4 nitrogen and oxygen atoms in total. The molecule has 0 saturated carbocycles. The van der Waals surface area contributed by atoms with E-state index < -0.39 is 0 Å². The number of aromatic nitrogens is 1. The number of allylic oxidation sites excluding steroid dienone is 4. The van der Waals surface area contributed by atoms with Crippen LogP contribution in [0.2, 0.25) is 0 Å². The van der Waals surface area contributed by atoms with Gasteiger partial charge in [0.2, 0.25) is 0 Å². The molecular formula is C24H33NO3. The predicted molar refractivity (Wildman–Crippen MR) is 115 cm³/mol. The summed E-state index contributed by atoms with van der Waals surface area (Å²) in [6.45, 7) is 8.44. The lowest BCUT2D eigenvalue weighted by molar-refractivity contribution is 0.419. The van der Waals surface area contributed by atoms with Gasteiger partial charge in [-0.2, -0.15) is 0 Å². The molecule has 0 saturated heterocycles. The summed E-state index contributed by atoms with van der Waals surface area (Å²) in [6.07, 6.45) is 12.3. The molecule has 0 fully saturated rings. The minimum atomic E-state index is 0.0941. The van der Waals surface area contributed by atoms with Crippen LogP contribution in [0.25, 0.3) is 11.3 Å².